The van der Waals surface area contributed by atoms with Gasteiger partial charge in [0.15, 0.2) is 5.13 Å². The smallest absolute Gasteiger partial charge is 0.274 e. The van der Waals surface area contributed by atoms with E-state index >= 15 is 0 Å². The van der Waals surface area contributed by atoms with Crippen LogP contribution >= 0.6 is 46.1 Å². The van der Waals surface area contributed by atoms with Crippen LogP contribution in [0.4, 0.5) is 10.8 Å². The lowest BCUT2D eigenvalue weighted by Gasteiger charge is -2.21. The molecule has 3 aromatic rings. The number of aromatic nitrogens is 1. The Kier molecular flexibility index (Phi) is 6.91. The maximum atomic E-state index is 13.6. The van der Waals surface area contributed by atoms with Crippen molar-refractivity contribution in [2.24, 2.45) is 0 Å². The van der Waals surface area contributed by atoms with E-state index in [4.69, 9.17) is 34.8 Å². The third-order valence-corrected chi connectivity index (χ3v) is 7.05. The molecule has 33 heavy (non-hydrogen) atoms. The molecule has 10 heteroatoms. The Morgan fingerprint density at radius 2 is 1.85 bits per heavy atom. The van der Waals surface area contributed by atoms with Crippen LogP contribution in [0.15, 0.2) is 42.5 Å². The minimum absolute atomic E-state index is 0.199. The second-order valence-corrected chi connectivity index (χ2v) is 9.89. The van der Waals surface area contributed by atoms with Crippen molar-refractivity contribution in [1.29, 1.82) is 5.26 Å². The highest BCUT2D eigenvalue weighted by molar-refractivity contribution is 7.16. The van der Waals surface area contributed by atoms with Gasteiger partial charge >= 0.3 is 0 Å². The molecule has 1 unspecified atom stereocenters. The van der Waals surface area contributed by atoms with E-state index in [1.165, 1.54) is 27.2 Å². The van der Waals surface area contributed by atoms with Crippen molar-refractivity contribution >= 4 is 68.8 Å². The molecule has 0 saturated carbocycles. The maximum absolute atomic E-state index is 13.6. The number of aryl methyl sites for hydroxylation is 1. The van der Waals surface area contributed by atoms with E-state index < -0.39 is 11.9 Å². The van der Waals surface area contributed by atoms with Crippen LogP contribution in [0.2, 0.25) is 15.1 Å². The van der Waals surface area contributed by atoms with Crippen molar-refractivity contribution in [1.82, 2.24) is 9.88 Å². The summed E-state index contributed by atoms with van der Waals surface area (Å²) in [6, 6.07) is 13.0. The van der Waals surface area contributed by atoms with Gasteiger partial charge in [-0.05, 0) is 62.2 Å². The molecule has 1 atom stereocenters. The predicted molar refractivity (Wildman–Crippen MR) is 131 cm³/mol. The first-order valence-electron chi connectivity index (χ1n) is 10.0. The average Bonchev–Trinajstić information content (AvgIpc) is 3.41. The highest BCUT2D eigenvalue weighted by atomic mass is 35.5. The topological polar surface area (TPSA) is 77.3 Å². The largest absolute Gasteiger partial charge is 0.321 e. The zero-order valence-corrected chi connectivity index (χ0v) is 20.5. The zero-order valence-electron chi connectivity index (χ0n) is 17.4. The third-order valence-electron chi connectivity index (χ3n) is 5.29. The van der Waals surface area contributed by atoms with Gasteiger partial charge in [0.1, 0.15) is 11.7 Å². The lowest BCUT2D eigenvalue weighted by molar-refractivity contribution is 0.0758. The van der Waals surface area contributed by atoms with E-state index in [1.807, 2.05) is 0 Å². The molecule has 4 rings (SSSR count). The van der Waals surface area contributed by atoms with E-state index in [1.54, 1.807) is 43.3 Å². The molecule has 1 aliphatic heterocycles. The monoisotopic (exact) mass is 518 g/mol. The molecule has 2 heterocycles. The molecule has 0 radical (unpaired) electrons. The number of rotatable bonds is 4. The SMILES string of the molecule is Cc1sc(N(C(=O)c2ccc(Cl)cc2Cl)c2ccc(Cl)cc2)nc1C(=O)N1CCCC1C#N. The minimum Gasteiger partial charge on any atom is -0.321 e. The fourth-order valence-corrected chi connectivity index (χ4v) is 5.18. The maximum Gasteiger partial charge on any atom is 0.274 e. The van der Waals surface area contributed by atoms with Gasteiger partial charge in [-0.25, -0.2) is 4.98 Å². The summed E-state index contributed by atoms with van der Waals surface area (Å²) in [6.07, 6.45) is 1.41. The summed E-state index contributed by atoms with van der Waals surface area (Å²) >= 11 is 19.6. The van der Waals surface area contributed by atoms with Crippen molar-refractivity contribution in [3.05, 3.63) is 73.7 Å². The summed E-state index contributed by atoms with van der Waals surface area (Å²) in [6.45, 7) is 2.27. The standard InChI is InChI=1S/C23H17Cl3N4O2S/c1-13-20(22(32)29-10-2-3-17(29)12-27)28-23(33-13)30(16-7-4-14(24)5-8-16)21(31)18-9-6-15(25)11-19(18)26/h4-9,11,17H,2-3,10H2,1H3. The Morgan fingerprint density at radius 1 is 1.15 bits per heavy atom. The summed E-state index contributed by atoms with van der Waals surface area (Å²) in [5.74, 6) is -0.741. The molecule has 1 fully saturated rings. The molecule has 2 aromatic carbocycles. The van der Waals surface area contributed by atoms with Crippen molar-refractivity contribution in [2.45, 2.75) is 25.8 Å². The van der Waals surface area contributed by atoms with Crippen molar-refractivity contribution in [2.75, 3.05) is 11.4 Å². The Morgan fingerprint density at radius 3 is 2.52 bits per heavy atom. The van der Waals surface area contributed by atoms with Crippen LogP contribution in [0, 0.1) is 18.3 Å². The lowest BCUT2D eigenvalue weighted by Crippen LogP contribution is -2.35. The molecule has 0 bridgehead atoms. The van der Waals surface area contributed by atoms with Crippen LogP contribution in [0.5, 0.6) is 0 Å². The van der Waals surface area contributed by atoms with Gasteiger partial charge in [0, 0.05) is 21.5 Å². The normalized spacial score (nSPS) is 15.4. The van der Waals surface area contributed by atoms with Gasteiger partial charge in [0.05, 0.1) is 22.3 Å². The molecule has 6 nitrogen and oxygen atoms in total. The Bertz CT molecular complexity index is 1270. The quantitative estimate of drug-likeness (QED) is 0.393. The Labute approximate surface area is 209 Å². The molecule has 0 N–H and O–H groups in total. The van der Waals surface area contributed by atoms with Gasteiger partial charge in [-0.15, -0.1) is 11.3 Å². The summed E-state index contributed by atoms with van der Waals surface area (Å²) in [7, 11) is 0. The minimum atomic E-state index is -0.469. The molecule has 0 aliphatic carbocycles. The van der Waals surface area contributed by atoms with Crippen molar-refractivity contribution < 1.29 is 9.59 Å². The number of likely N-dealkylation sites (tertiary alicyclic amines) is 1. The van der Waals surface area contributed by atoms with Gasteiger partial charge in [-0.1, -0.05) is 34.8 Å². The summed E-state index contributed by atoms with van der Waals surface area (Å²) in [5, 5.41) is 10.8. The number of amides is 2. The summed E-state index contributed by atoms with van der Waals surface area (Å²) < 4.78 is 0. The second kappa shape index (κ2) is 9.70. The van der Waals surface area contributed by atoms with Crippen LogP contribution in [0.25, 0.3) is 0 Å². The van der Waals surface area contributed by atoms with E-state index in [2.05, 4.69) is 11.1 Å². The molecule has 1 saturated heterocycles. The third kappa shape index (κ3) is 4.71. The molecule has 0 spiro atoms. The van der Waals surface area contributed by atoms with Crippen molar-refractivity contribution in [3.8, 4) is 6.07 Å². The van der Waals surface area contributed by atoms with Gasteiger partial charge in [0.2, 0.25) is 0 Å². The molecule has 1 aliphatic rings. The number of hydrogen-bond donors (Lipinski definition) is 0. The van der Waals surface area contributed by atoms with Crippen LogP contribution in [-0.2, 0) is 0 Å². The molecular weight excluding hydrogens is 503 g/mol. The number of thiazole rings is 1. The lowest BCUT2D eigenvalue weighted by atomic mass is 10.2. The van der Waals surface area contributed by atoms with E-state index in [9.17, 15) is 14.9 Å². The predicted octanol–water partition coefficient (Wildman–Crippen LogP) is 6.52. The number of anilines is 2. The number of carbonyl (C=O) groups is 2. The first kappa shape index (κ1) is 23.5. The van der Waals surface area contributed by atoms with Gasteiger partial charge in [-0.3, -0.25) is 14.5 Å². The Hall–Kier alpha value is -2.63. The highest BCUT2D eigenvalue weighted by Gasteiger charge is 2.33. The number of hydrogen-bond acceptors (Lipinski definition) is 5. The van der Waals surface area contributed by atoms with Crippen LogP contribution in [0.1, 0.15) is 38.6 Å². The van der Waals surface area contributed by atoms with Gasteiger partial charge < -0.3 is 4.90 Å². The first-order chi connectivity index (χ1) is 15.8. The van der Waals surface area contributed by atoms with E-state index in [0.717, 1.165) is 6.42 Å². The fourth-order valence-electron chi connectivity index (χ4n) is 3.64. The number of carbonyl (C=O) groups excluding carboxylic acids is 2. The van der Waals surface area contributed by atoms with Crippen LogP contribution in [0.3, 0.4) is 0 Å². The van der Waals surface area contributed by atoms with Gasteiger partial charge in [0.25, 0.3) is 11.8 Å². The van der Waals surface area contributed by atoms with Crippen LogP contribution in [-0.4, -0.2) is 34.3 Å². The molecule has 1 aromatic heterocycles. The number of halogens is 3. The summed E-state index contributed by atoms with van der Waals surface area (Å²) in [5.41, 5.74) is 0.978. The molecular formula is C23H17Cl3N4O2S. The highest BCUT2D eigenvalue weighted by Crippen LogP contribution is 2.36. The summed E-state index contributed by atoms with van der Waals surface area (Å²) in [4.78, 5) is 34.9. The second-order valence-electron chi connectivity index (χ2n) is 7.43. The van der Waals surface area contributed by atoms with Gasteiger partial charge in [-0.2, -0.15) is 5.26 Å². The van der Waals surface area contributed by atoms with Crippen LogP contribution < -0.4 is 4.90 Å². The first-order valence-corrected chi connectivity index (χ1v) is 12.0. The van der Waals surface area contributed by atoms with E-state index in [0.29, 0.717) is 38.7 Å². The zero-order chi connectivity index (χ0) is 23.7. The fraction of sp³-hybridized carbons (Fsp3) is 0.217. The number of benzene rings is 2. The van der Waals surface area contributed by atoms with E-state index in [-0.39, 0.29) is 22.2 Å². The number of nitrogens with zero attached hydrogens (tertiary/aromatic N) is 4. The average molecular weight is 520 g/mol. The Balaban J connectivity index is 1.78. The molecule has 168 valence electrons. The molecule has 2 amide bonds. The number of nitriles is 1. The van der Waals surface area contributed by atoms with Crippen molar-refractivity contribution in [3.63, 3.8) is 0 Å².